The highest BCUT2D eigenvalue weighted by atomic mass is 19.4. The highest BCUT2D eigenvalue weighted by molar-refractivity contribution is 5.05. The standard InChI is InChI=1S/C8H13F3N4O/c1-7(2,12)6-5-15(14-13-6)3-4-16-8(9,10)11/h5H,3-4,12H2,1-2H3. The normalized spacial score (nSPS) is 13.1. The third-order valence-corrected chi connectivity index (χ3v) is 1.78. The van der Waals surface area contributed by atoms with E-state index in [0.717, 1.165) is 0 Å². The monoisotopic (exact) mass is 238 g/mol. The van der Waals surface area contributed by atoms with E-state index in [-0.39, 0.29) is 6.54 Å². The van der Waals surface area contributed by atoms with E-state index in [0.29, 0.717) is 5.69 Å². The van der Waals surface area contributed by atoms with Crippen molar-refractivity contribution >= 4 is 0 Å². The van der Waals surface area contributed by atoms with Crippen LogP contribution in [0.5, 0.6) is 0 Å². The molecule has 0 atom stereocenters. The minimum Gasteiger partial charge on any atom is -0.320 e. The first-order valence-electron chi connectivity index (χ1n) is 4.59. The van der Waals surface area contributed by atoms with E-state index >= 15 is 0 Å². The van der Waals surface area contributed by atoms with Crippen LogP contribution in [0.25, 0.3) is 0 Å². The third-order valence-electron chi connectivity index (χ3n) is 1.78. The van der Waals surface area contributed by atoms with Gasteiger partial charge in [0.25, 0.3) is 0 Å². The van der Waals surface area contributed by atoms with E-state index in [1.807, 2.05) is 0 Å². The number of nitrogens with two attached hydrogens (primary N) is 1. The van der Waals surface area contributed by atoms with Gasteiger partial charge in [0.15, 0.2) is 0 Å². The van der Waals surface area contributed by atoms with Crippen molar-refractivity contribution in [1.82, 2.24) is 15.0 Å². The second-order valence-electron chi connectivity index (χ2n) is 3.88. The van der Waals surface area contributed by atoms with Crippen molar-refractivity contribution in [2.45, 2.75) is 32.3 Å². The van der Waals surface area contributed by atoms with E-state index in [1.165, 1.54) is 10.9 Å². The first kappa shape index (κ1) is 12.9. The van der Waals surface area contributed by atoms with Crippen molar-refractivity contribution in [1.29, 1.82) is 0 Å². The lowest BCUT2D eigenvalue weighted by atomic mass is 10.0. The van der Waals surface area contributed by atoms with Gasteiger partial charge >= 0.3 is 6.36 Å². The summed E-state index contributed by atoms with van der Waals surface area (Å²) in [7, 11) is 0. The molecule has 0 saturated heterocycles. The molecule has 0 bridgehead atoms. The van der Waals surface area contributed by atoms with Gasteiger partial charge in [0.1, 0.15) is 5.69 Å². The number of aromatic nitrogens is 3. The first-order valence-corrected chi connectivity index (χ1v) is 4.59. The number of alkyl halides is 3. The van der Waals surface area contributed by atoms with E-state index in [1.54, 1.807) is 13.8 Å². The predicted molar refractivity (Wildman–Crippen MR) is 49.2 cm³/mol. The predicted octanol–water partition coefficient (Wildman–Crippen LogP) is 1.01. The SMILES string of the molecule is CC(C)(N)c1cn(CCOC(F)(F)F)nn1. The summed E-state index contributed by atoms with van der Waals surface area (Å²) < 4.78 is 39.9. The van der Waals surface area contributed by atoms with Crippen LogP contribution in [0.1, 0.15) is 19.5 Å². The van der Waals surface area contributed by atoms with E-state index < -0.39 is 18.5 Å². The molecule has 0 saturated carbocycles. The molecule has 2 N–H and O–H groups in total. The minimum atomic E-state index is -4.61. The summed E-state index contributed by atoms with van der Waals surface area (Å²) in [5, 5.41) is 7.40. The molecule has 1 aromatic rings. The van der Waals surface area contributed by atoms with E-state index in [4.69, 9.17) is 5.73 Å². The van der Waals surface area contributed by atoms with Crippen LogP contribution < -0.4 is 5.73 Å². The molecule has 0 spiro atoms. The molecule has 5 nitrogen and oxygen atoms in total. The van der Waals surface area contributed by atoms with Crippen LogP contribution in [-0.4, -0.2) is 28.0 Å². The Balaban J connectivity index is 2.48. The lowest BCUT2D eigenvalue weighted by Crippen LogP contribution is -2.29. The fourth-order valence-electron chi connectivity index (χ4n) is 0.958. The van der Waals surface area contributed by atoms with Crippen molar-refractivity contribution in [3.8, 4) is 0 Å². The Bertz CT molecular complexity index is 342. The molecule has 0 amide bonds. The fraction of sp³-hybridized carbons (Fsp3) is 0.750. The van der Waals surface area contributed by atoms with Crippen LogP contribution in [0.2, 0.25) is 0 Å². The van der Waals surface area contributed by atoms with Gasteiger partial charge < -0.3 is 5.73 Å². The molecule has 1 aromatic heterocycles. The maximum absolute atomic E-state index is 11.7. The Morgan fingerprint density at radius 1 is 1.44 bits per heavy atom. The van der Waals surface area contributed by atoms with Gasteiger partial charge in [-0.1, -0.05) is 5.21 Å². The minimum absolute atomic E-state index is 0.0252. The highest BCUT2D eigenvalue weighted by Gasteiger charge is 2.28. The number of rotatable bonds is 4. The molecular weight excluding hydrogens is 225 g/mol. The van der Waals surface area contributed by atoms with Gasteiger partial charge in [-0.05, 0) is 13.8 Å². The lowest BCUT2D eigenvalue weighted by molar-refractivity contribution is -0.325. The summed E-state index contributed by atoms with van der Waals surface area (Å²) in [6, 6.07) is 0. The number of halogens is 3. The molecule has 8 heteroatoms. The molecule has 0 aliphatic rings. The molecule has 0 aromatic carbocycles. The van der Waals surface area contributed by atoms with Gasteiger partial charge in [0.05, 0.1) is 24.9 Å². The molecule has 0 unspecified atom stereocenters. The molecule has 92 valence electrons. The van der Waals surface area contributed by atoms with Gasteiger partial charge in [-0.2, -0.15) is 0 Å². The van der Waals surface area contributed by atoms with Crippen molar-refractivity contribution in [3.05, 3.63) is 11.9 Å². The second-order valence-corrected chi connectivity index (χ2v) is 3.88. The molecule has 0 fully saturated rings. The van der Waals surface area contributed by atoms with Gasteiger partial charge in [0.2, 0.25) is 0 Å². The quantitative estimate of drug-likeness (QED) is 0.850. The van der Waals surface area contributed by atoms with Crippen LogP contribution in [-0.2, 0) is 16.8 Å². The van der Waals surface area contributed by atoms with Crippen molar-refractivity contribution in [3.63, 3.8) is 0 Å². The second kappa shape index (κ2) is 4.38. The Kier molecular flexibility index (Phi) is 3.54. The molecule has 16 heavy (non-hydrogen) atoms. The average molecular weight is 238 g/mol. The summed E-state index contributed by atoms with van der Waals surface area (Å²) in [5.41, 5.74) is 5.59. The van der Waals surface area contributed by atoms with Crippen LogP contribution in [0.4, 0.5) is 13.2 Å². The smallest absolute Gasteiger partial charge is 0.320 e. The summed E-state index contributed by atoms with van der Waals surface area (Å²) in [6.07, 6.45) is -3.11. The zero-order valence-electron chi connectivity index (χ0n) is 8.95. The van der Waals surface area contributed by atoms with Gasteiger partial charge in [-0.3, -0.25) is 4.74 Å². The van der Waals surface area contributed by atoms with Gasteiger partial charge in [-0.25, -0.2) is 4.68 Å². The zero-order valence-corrected chi connectivity index (χ0v) is 8.95. The number of hydrogen-bond donors (Lipinski definition) is 1. The topological polar surface area (TPSA) is 66.0 Å². The number of ether oxygens (including phenoxy) is 1. The molecule has 0 aliphatic heterocycles. The van der Waals surface area contributed by atoms with E-state index in [2.05, 4.69) is 15.0 Å². The van der Waals surface area contributed by atoms with E-state index in [9.17, 15) is 13.2 Å². The molecule has 1 heterocycles. The Morgan fingerprint density at radius 3 is 2.50 bits per heavy atom. The van der Waals surface area contributed by atoms with Crippen LogP contribution in [0.15, 0.2) is 6.20 Å². The van der Waals surface area contributed by atoms with Crippen LogP contribution in [0, 0.1) is 0 Å². The largest absolute Gasteiger partial charge is 0.522 e. The summed E-state index contributed by atoms with van der Waals surface area (Å²) >= 11 is 0. The van der Waals surface area contributed by atoms with Crippen molar-refractivity contribution in [2.75, 3.05) is 6.61 Å². The summed E-state index contributed by atoms with van der Waals surface area (Å²) in [4.78, 5) is 0. The Hall–Kier alpha value is -1.15. The highest BCUT2D eigenvalue weighted by Crippen LogP contribution is 2.16. The van der Waals surface area contributed by atoms with Gasteiger partial charge in [0, 0.05) is 0 Å². The summed E-state index contributed by atoms with van der Waals surface area (Å²) in [5.74, 6) is 0. The zero-order chi connectivity index (χ0) is 12.4. The lowest BCUT2D eigenvalue weighted by Gasteiger charge is -2.13. The summed E-state index contributed by atoms with van der Waals surface area (Å²) in [6.45, 7) is 2.93. The third kappa shape index (κ3) is 4.15. The maximum Gasteiger partial charge on any atom is 0.522 e. The fourth-order valence-corrected chi connectivity index (χ4v) is 0.958. The van der Waals surface area contributed by atoms with Gasteiger partial charge in [-0.15, -0.1) is 18.3 Å². The number of hydrogen-bond acceptors (Lipinski definition) is 4. The molecule has 0 radical (unpaired) electrons. The van der Waals surface area contributed by atoms with Crippen molar-refractivity contribution in [2.24, 2.45) is 5.73 Å². The van der Waals surface area contributed by atoms with Crippen molar-refractivity contribution < 1.29 is 17.9 Å². The Morgan fingerprint density at radius 2 is 2.06 bits per heavy atom. The van der Waals surface area contributed by atoms with Crippen LogP contribution >= 0.6 is 0 Å². The van der Waals surface area contributed by atoms with Crippen LogP contribution in [0.3, 0.4) is 0 Å². The first-order chi connectivity index (χ1) is 7.18. The molecule has 0 aliphatic carbocycles. The molecule has 1 rings (SSSR count). The Labute approximate surface area is 90.4 Å². The average Bonchev–Trinajstić information content (AvgIpc) is 2.49. The maximum atomic E-state index is 11.7. The molecular formula is C8H13F3N4O. The number of nitrogens with zero attached hydrogens (tertiary/aromatic N) is 3.